The maximum Gasteiger partial charge on any atom is 0.411 e. The monoisotopic (exact) mass is 228 g/mol. The fraction of sp³-hybridized carbons (Fsp3) is 0.700. The third-order valence-electron chi connectivity index (χ3n) is 2.04. The summed E-state index contributed by atoms with van der Waals surface area (Å²) in [6.07, 6.45) is -1.01. The van der Waals surface area contributed by atoms with Gasteiger partial charge in [-0.3, -0.25) is 9.69 Å². The molecule has 1 aliphatic heterocycles. The van der Waals surface area contributed by atoms with Crippen molar-refractivity contribution in [2.75, 3.05) is 6.54 Å². The van der Waals surface area contributed by atoms with E-state index < -0.39 is 23.7 Å². The molecule has 0 saturated carbocycles. The van der Waals surface area contributed by atoms with Crippen molar-refractivity contribution in [2.45, 2.75) is 38.8 Å². The third kappa shape index (κ3) is 2.95. The van der Waals surface area contributed by atoms with Crippen molar-refractivity contribution in [1.29, 1.82) is 0 Å². The Morgan fingerprint density at radius 1 is 1.44 bits per heavy atom. The van der Waals surface area contributed by atoms with E-state index in [0.29, 0.717) is 0 Å². The van der Waals surface area contributed by atoms with Gasteiger partial charge in [0, 0.05) is 6.42 Å². The van der Waals surface area contributed by atoms with E-state index in [9.17, 15) is 19.5 Å². The van der Waals surface area contributed by atoms with Gasteiger partial charge in [0.05, 0.1) is 18.6 Å². The molecule has 1 atom stereocenters. The zero-order valence-corrected chi connectivity index (χ0v) is 9.48. The molecule has 0 aromatic heterocycles. The van der Waals surface area contributed by atoms with Crippen molar-refractivity contribution in [1.82, 2.24) is 4.90 Å². The number of nitrogens with zero attached hydrogens (tertiary/aromatic N) is 1. The fourth-order valence-electron chi connectivity index (χ4n) is 1.41. The molecule has 0 aliphatic carbocycles. The first-order valence-corrected chi connectivity index (χ1v) is 4.93. The van der Waals surface area contributed by atoms with Crippen molar-refractivity contribution in [3.05, 3.63) is 0 Å². The molecule has 6 heteroatoms. The molecule has 1 heterocycles. The predicted molar refractivity (Wildman–Crippen MR) is 51.4 cm³/mol. The normalized spacial score (nSPS) is 21.1. The molecular weight excluding hydrogens is 214 g/mol. The molecular formula is C10H14NO5-. The van der Waals surface area contributed by atoms with Crippen molar-refractivity contribution >= 4 is 17.8 Å². The molecule has 6 nitrogen and oxygen atoms in total. The van der Waals surface area contributed by atoms with Crippen LogP contribution in [0.25, 0.3) is 0 Å². The number of carboxylic acids is 1. The first kappa shape index (κ1) is 12.5. The van der Waals surface area contributed by atoms with Gasteiger partial charge >= 0.3 is 6.09 Å². The quantitative estimate of drug-likeness (QED) is 0.593. The summed E-state index contributed by atoms with van der Waals surface area (Å²) in [4.78, 5) is 34.3. The van der Waals surface area contributed by atoms with Crippen LogP contribution in [-0.4, -0.2) is 40.9 Å². The second-order valence-corrected chi connectivity index (χ2v) is 4.69. The number of hydrogen-bond donors (Lipinski definition) is 0. The summed E-state index contributed by atoms with van der Waals surface area (Å²) in [5.41, 5.74) is -0.723. The van der Waals surface area contributed by atoms with E-state index in [0.717, 1.165) is 4.90 Å². The SMILES string of the molecule is CC(C)(C)OC(=O)N1CC(=O)C[C@@H]1C(=O)[O-]. The fourth-order valence-corrected chi connectivity index (χ4v) is 1.41. The van der Waals surface area contributed by atoms with E-state index in [1.807, 2.05) is 0 Å². The lowest BCUT2D eigenvalue weighted by Gasteiger charge is -2.28. The maximum atomic E-state index is 11.6. The van der Waals surface area contributed by atoms with Crippen LogP contribution in [0.2, 0.25) is 0 Å². The zero-order valence-electron chi connectivity index (χ0n) is 9.48. The van der Waals surface area contributed by atoms with Crippen LogP contribution >= 0.6 is 0 Å². The highest BCUT2D eigenvalue weighted by Crippen LogP contribution is 2.18. The highest BCUT2D eigenvalue weighted by molar-refractivity contribution is 5.94. The summed E-state index contributed by atoms with van der Waals surface area (Å²) < 4.78 is 4.99. The number of hydrogen-bond acceptors (Lipinski definition) is 5. The summed E-state index contributed by atoms with van der Waals surface area (Å²) in [5, 5.41) is 10.7. The molecule has 0 aromatic rings. The van der Waals surface area contributed by atoms with Gasteiger partial charge in [-0.1, -0.05) is 0 Å². The van der Waals surface area contributed by atoms with Crippen LogP contribution in [0.1, 0.15) is 27.2 Å². The van der Waals surface area contributed by atoms with Crippen molar-refractivity contribution in [2.24, 2.45) is 0 Å². The second-order valence-electron chi connectivity index (χ2n) is 4.69. The lowest BCUT2D eigenvalue weighted by molar-refractivity contribution is -0.310. The van der Waals surface area contributed by atoms with Gasteiger partial charge in [0.15, 0.2) is 5.78 Å². The van der Waals surface area contributed by atoms with Gasteiger partial charge in [0.25, 0.3) is 0 Å². The van der Waals surface area contributed by atoms with Gasteiger partial charge in [-0.25, -0.2) is 4.79 Å². The van der Waals surface area contributed by atoms with Gasteiger partial charge in [-0.15, -0.1) is 0 Å². The molecule has 0 radical (unpaired) electrons. The molecule has 0 bridgehead atoms. The van der Waals surface area contributed by atoms with Crippen LogP contribution < -0.4 is 5.11 Å². The summed E-state index contributed by atoms with van der Waals surface area (Å²) in [7, 11) is 0. The van der Waals surface area contributed by atoms with E-state index in [4.69, 9.17) is 4.74 Å². The molecule has 1 saturated heterocycles. The van der Waals surface area contributed by atoms with Gasteiger partial charge in [-0.05, 0) is 20.8 Å². The highest BCUT2D eigenvalue weighted by atomic mass is 16.6. The Labute approximate surface area is 93.2 Å². The number of ether oxygens (including phenoxy) is 1. The summed E-state index contributed by atoms with van der Waals surface area (Å²) in [6, 6.07) is -1.21. The standard InChI is InChI=1S/C10H15NO5/c1-10(2,3)16-9(15)11-5-6(12)4-7(11)8(13)14/h7H,4-5H2,1-3H3,(H,13,14)/p-1/t7-/m1/s1. The molecule has 0 N–H and O–H groups in total. The lowest BCUT2D eigenvalue weighted by Crippen LogP contribution is -2.48. The number of aliphatic carboxylic acids is 1. The smallest absolute Gasteiger partial charge is 0.411 e. The topological polar surface area (TPSA) is 86.7 Å². The summed E-state index contributed by atoms with van der Waals surface area (Å²) in [5.74, 6) is -1.74. The number of likely N-dealkylation sites (tertiary alicyclic amines) is 1. The molecule has 1 fully saturated rings. The number of carboxylic acid groups (broad SMARTS) is 1. The second kappa shape index (κ2) is 4.11. The van der Waals surface area contributed by atoms with Crippen LogP contribution in [0.3, 0.4) is 0 Å². The molecule has 0 unspecified atom stereocenters. The Morgan fingerprint density at radius 3 is 2.44 bits per heavy atom. The Bertz CT molecular complexity index is 331. The van der Waals surface area contributed by atoms with Crippen molar-refractivity contribution < 1.29 is 24.2 Å². The molecule has 1 amide bonds. The average Bonchev–Trinajstić information content (AvgIpc) is 2.44. The molecule has 0 aromatic carbocycles. The van der Waals surface area contributed by atoms with Gasteiger partial charge in [0.1, 0.15) is 5.60 Å². The van der Waals surface area contributed by atoms with Crippen LogP contribution in [0.4, 0.5) is 4.79 Å². The van der Waals surface area contributed by atoms with Crippen molar-refractivity contribution in [3.8, 4) is 0 Å². The van der Waals surface area contributed by atoms with E-state index >= 15 is 0 Å². The largest absolute Gasteiger partial charge is 0.548 e. The van der Waals surface area contributed by atoms with E-state index in [1.54, 1.807) is 20.8 Å². The summed E-state index contributed by atoms with van der Waals surface area (Å²) in [6.45, 7) is 4.76. The predicted octanol–water partition coefficient (Wildman–Crippen LogP) is -0.685. The van der Waals surface area contributed by atoms with E-state index in [2.05, 4.69) is 0 Å². The van der Waals surface area contributed by atoms with Crippen LogP contribution in [0, 0.1) is 0 Å². The minimum Gasteiger partial charge on any atom is -0.548 e. The van der Waals surface area contributed by atoms with Gasteiger partial charge < -0.3 is 14.6 Å². The number of amides is 1. The van der Waals surface area contributed by atoms with E-state index in [1.165, 1.54) is 0 Å². The minimum absolute atomic E-state index is 0.207. The number of ketones is 1. The van der Waals surface area contributed by atoms with Crippen LogP contribution in [0.15, 0.2) is 0 Å². The Kier molecular flexibility index (Phi) is 3.21. The number of Topliss-reactive ketones (excluding diaryl/α,β-unsaturated/α-hetero) is 1. The average molecular weight is 228 g/mol. The molecule has 1 rings (SSSR count). The molecule has 16 heavy (non-hydrogen) atoms. The van der Waals surface area contributed by atoms with Crippen LogP contribution in [0.5, 0.6) is 0 Å². The third-order valence-corrected chi connectivity index (χ3v) is 2.04. The van der Waals surface area contributed by atoms with Crippen LogP contribution in [-0.2, 0) is 14.3 Å². The molecule has 0 spiro atoms. The first-order valence-electron chi connectivity index (χ1n) is 4.93. The summed E-state index contributed by atoms with van der Waals surface area (Å²) >= 11 is 0. The first-order chi connectivity index (χ1) is 7.20. The zero-order chi connectivity index (χ0) is 12.5. The lowest BCUT2D eigenvalue weighted by atomic mass is 10.2. The molecule has 1 aliphatic rings. The Hall–Kier alpha value is -1.59. The number of rotatable bonds is 1. The minimum atomic E-state index is -1.43. The Morgan fingerprint density at radius 2 is 2.00 bits per heavy atom. The van der Waals surface area contributed by atoms with E-state index in [-0.39, 0.29) is 18.7 Å². The molecule has 90 valence electrons. The highest BCUT2D eigenvalue weighted by Gasteiger charge is 2.37. The van der Waals surface area contributed by atoms with Gasteiger partial charge in [0.2, 0.25) is 0 Å². The number of carbonyl (C=O) groups is 3. The Balaban J connectivity index is 2.75. The van der Waals surface area contributed by atoms with Crippen molar-refractivity contribution in [3.63, 3.8) is 0 Å². The van der Waals surface area contributed by atoms with Gasteiger partial charge in [-0.2, -0.15) is 0 Å². The number of carbonyl (C=O) groups excluding carboxylic acids is 3. The maximum absolute atomic E-state index is 11.6.